The molecule has 3 fully saturated rings. The van der Waals surface area contributed by atoms with Crippen LogP contribution in [0.5, 0.6) is 0 Å². The number of rotatable bonds is 3. The predicted molar refractivity (Wildman–Crippen MR) is 87.8 cm³/mol. The third kappa shape index (κ3) is 3.86. The van der Waals surface area contributed by atoms with Crippen molar-refractivity contribution < 1.29 is 14.4 Å². The van der Waals surface area contributed by atoms with Gasteiger partial charge in [-0.1, -0.05) is 12.8 Å². The van der Waals surface area contributed by atoms with E-state index in [1.54, 1.807) is 0 Å². The summed E-state index contributed by atoms with van der Waals surface area (Å²) in [4.78, 5) is 38.0. The molecule has 0 radical (unpaired) electrons. The molecule has 0 aromatic heterocycles. The van der Waals surface area contributed by atoms with Crippen molar-refractivity contribution >= 4 is 30.1 Å². The van der Waals surface area contributed by atoms with Crippen molar-refractivity contribution in [2.24, 2.45) is 17.6 Å². The van der Waals surface area contributed by atoms with Gasteiger partial charge in [0.1, 0.15) is 6.54 Å². The zero-order chi connectivity index (χ0) is 15.7. The topological polar surface area (TPSA) is 92.5 Å². The lowest BCUT2D eigenvalue weighted by Gasteiger charge is -2.27. The fourth-order valence-corrected chi connectivity index (χ4v) is 4.07. The van der Waals surface area contributed by atoms with Gasteiger partial charge in [0, 0.05) is 12.1 Å². The highest BCUT2D eigenvalue weighted by Gasteiger charge is 2.48. The van der Waals surface area contributed by atoms with E-state index in [1.807, 2.05) is 0 Å². The zero-order valence-electron chi connectivity index (χ0n) is 13.3. The third-order valence-electron chi connectivity index (χ3n) is 5.37. The second kappa shape index (κ2) is 7.62. The summed E-state index contributed by atoms with van der Waals surface area (Å²) in [5, 5.41) is 2.95. The Kier molecular flexibility index (Phi) is 6.03. The van der Waals surface area contributed by atoms with Gasteiger partial charge in [0.05, 0.1) is 11.8 Å². The number of likely N-dealkylation sites (tertiary alicyclic amines) is 1. The molecule has 0 spiro atoms. The lowest BCUT2D eigenvalue weighted by Crippen LogP contribution is -2.46. The van der Waals surface area contributed by atoms with Gasteiger partial charge in [-0.25, -0.2) is 0 Å². The van der Waals surface area contributed by atoms with Gasteiger partial charge in [-0.05, 0) is 38.5 Å². The van der Waals surface area contributed by atoms with E-state index in [0.717, 1.165) is 51.4 Å². The molecule has 1 saturated heterocycles. The van der Waals surface area contributed by atoms with Crippen LogP contribution in [-0.2, 0) is 14.4 Å². The van der Waals surface area contributed by atoms with E-state index in [9.17, 15) is 14.4 Å². The van der Waals surface area contributed by atoms with E-state index < -0.39 is 0 Å². The number of amides is 3. The molecule has 3 N–H and O–H groups in total. The van der Waals surface area contributed by atoms with Gasteiger partial charge in [-0.3, -0.25) is 19.3 Å². The monoisotopic (exact) mass is 343 g/mol. The lowest BCUT2D eigenvalue weighted by molar-refractivity contribution is -0.143. The van der Waals surface area contributed by atoms with Crippen molar-refractivity contribution in [1.29, 1.82) is 0 Å². The zero-order valence-corrected chi connectivity index (χ0v) is 14.1. The van der Waals surface area contributed by atoms with Gasteiger partial charge in [0.15, 0.2) is 0 Å². The number of carbonyl (C=O) groups excluding carboxylic acids is 3. The molecule has 3 rings (SSSR count). The number of nitrogens with two attached hydrogens (primary N) is 1. The van der Waals surface area contributed by atoms with Gasteiger partial charge in [0.25, 0.3) is 0 Å². The van der Waals surface area contributed by atoms with Gasteiger partial charge in [-0.15, -0.1) is 12.4 Å². The molecule has 7 heteroatoms. The molecular formula is C16H26ClN3O3. The third-order valence-corrected chi connectivity index (χ3v) is 5.37. The van der Waals surface area contributed by atoms with Gasteiger partial charge < -0.3 is 11.1 Å². The fraction of sp³-hybridized carbons (Fsp3) is 0.812. The van der Waals surface area contributed by atoms with Crippen LogP contribution in [0.4, 0.5) is 0 Å². The highest BCUT2D eigenvalue weighted by molar-refractivity contribution is 6.07. The van der Waals surface area contributed by atoms with Crippen LogP contribution in [0.25, 0.3) is 0 Å². The average Bonchev–Trinajstić information content (AvgIpc) is 2.75. The molecule has 2 saturated carbocycles. The average molecular weight is 344 g/mol. The minimum atomic E-state index is -0.221. The van der Waals surface area contributed by atoms with Crippen molar-refractivity contribution in [3.05, 3.63) is 0 Å². The standard InChI is InChI=1S/C16H25N3O3.ClH/c17-10-5-7-11(8-6-10)18-14(20)9-19-15(21)12-3-1-2-4-13(12)16(19)22;/h10-13H,1-9,17H2,(H,18,20);1H. The number of hydrogen-bond acceptors (Lipinski definition) is 4. The number of carbonyl (C=O) groups is 3. The number of fused-ring (bicyclic) bond motifs is 1. The molecule has 2 aliphatic carbocycles. The Morgan fingerprint density at radius 3 is 2.04 bits per heavy atom. The summed E-state index contributed by atoms with van der Waals surface area (Å²) in [6.07, 6.45) is 7.15. The van der Waals surface area contributed by atoms with E-state index in [4.69, 9.17) is 5.73 Å². The Labute approximate surface area is 142 Å². The van der Waals surface area contributed by atoms with Crippen molar-refractivity contribution in [2.75, 3.05) is 6.54 Å². The second-order valence-electron chi connectivity index (χ2n) is 6.94. The van der Waals surface area contributed by atoms with Crippen LogP contribution >= 0.6 is 12.4 Å². The van der Waals surface area contributed by atoms with E-state index in [-0.39, 0.29) is 60.6 Å². The smallest absolute Gasteiger partial charge is 0.240 e. The SMILES string of the molecule is Cl.NC1CCC(NC(=O)CN2C(=O)C3CCCCC3C2=O)CC1. The lowest BCUT2D eigenvalue weighted by atomic mass is 9.81. The summed E-state index contributed by atoms with van der Waals surface area (Å²) in [6, 6.07) is 0.361. The Hall–Kier alpha value is -1.14. The van der Waals surface area contributed by atoms with Crippen molar-refractivity contribution in [3.8, 4) is 0 Å². The number of nitrogens with zero attached hydrogens (tertiary/aromatic N) is 1. The van der Waals surface area contributed by atoms with Crippen LogP contribution in [0, 0.1) is 11.8 Å². The first-order chi connectivity index (χ1) is 10.6. The Morgan fingerprint density at radius 1 is 1.00 bits per heavy atom. The summed E-state index contributed by atoms with van der Waals surface area (Å²) in [6.45, 7) is -0.118. The summed E-state index contributed by atoms with van der Waals surface area (Å²) in [5.74, 6) is -0.865. The normalized spacial score (nSPS) is 33.9. The summed E-state index contributed by atoms with van der Waals surface area (Å²) in [5.41, 5.74) is 5.85. The summed E-state index contributed by atoms with van der Waals surface area (Å²) >= 11 is 0. The van der Waals surface area contributed by atoms with Gasteiger partial charge in [-0.2, -0.15) is 0 Å². The largest absolute Gasteiger partial charge is 0.352 e. The molecule has 3 aliphatic rings. The number of hydrogen-bond donors (Lipinski definition) is 2. The highest BCUT2D eigenvalue weighted by atomic mass is 35.5. The van der Waals surface area contributed by atoms with Crippen LogP contribution in [-0.4, -0.2) is 41.2 Å². The number of halogens is 1. The van der Waals surface area contributed by atoms with E-state index in [0.29, 0.717) is 0 Å². The highest BCUT2D eigenvalue weighted by Crippen LogP contribution is 2.37. The molecule has 2 atom stereocenters. The van der Waals surface area contributed by atoms with Crippen LogP contribution in [0.3, 0.4) is 0 Å². The second-order valence-corrected chi connectivity index (χ2v) is 6.94. The Morgan fingerprint density at radius 2 is 1.52 bits per heavy atom. The quantitative estimate of drug-likeness (QED) is 0.747. The van der Waals surface area contributed by atoms with Crippen LogP contribution in [0.2, 0.25) is 0 Å². The summed E-state index contributed by atoms with van der Waals surface area (Å²) in [7, 11) is 0. The molecule has 1 heterocycles. The van der Waals surface area contributed by atoms with E-state index in [2.05, 4.69) is 5.32 Å². The first-order valence-electron chi connectivity index (χ1n) is 8.46. The van der Waals surface area contributed by atoms with Crippen LogP contribution < -0.4 is 11.1 Å². The maximum absolute atomic E-state index is 12.3. The molecule has 0 aromatic rings. The van der Waals surface area contributed by atoms with E-state index >= 15 is 0 Å². The maximum Gasteiger partial charge on any atom is 0.240 e. The van der Waals surface area contributed by atoms with Crippen molar-refractivity contribution in [1.82, 2.24) is 10.2 Å². The number of nitrogens with one attached hydrogen (secondary N) is 1. The first-order valence-corrected chi connectivity index (χ1v) is 8.46. The Bertz CT molecular complexity index is 453. The van der Waals surface area contributed by atoms with Crippen molar-refractivity contribution in [2.45, 2.75) is 63.5 Å². The molecule has 6 nitrogen and oxygen atoms in total. The molecule has 23 heavy (non-hydrogen) atoms. The van der Waals surface area contributed by atoms with Crippen molar-refractivity contribution in [3.63, 3.8) is 0 Å². The predicted octanol–water partition coefficient (Wildman–Crippen LogP) is 0.969. The van der Waals surface area contributed by atoms with E-state index in [1.165, 1.54) is 4.90 Å². The van der Waals surface area contributed by atoms with Gasteiger partial charge in [0.2, 0.25) is 17.7 Å². The fourth-order valence-electron chi connectivity index (χ4n) is 4.07. The Balaban J connectivity index is 0.00000192. The molecule has 1 aliphatic heterocycles. The molecule has 0 bridgehead atoms. The molecule has 3 amide bonds. The first kappa shape index (κ1) is 18.2. The molecule has 0 aromatic carbocycles. The molecular weight excluding hydrogens is 318 g/mol. The van der Waals surface area contributed by atoms with Crippen LogP contribution in [0.1, 0.15) is 51.4 Å². The molecule has 130 valence electrons. The minimum Gasteiger partial charge on any atom is -0.352 e. The van der Waals surface area contributed by atoms with Gasteiger partial charge >= 0.3 is 0 Å². The van der Waals surface area contributed by atoms with Crippen LogP contribution in [0.15, 0.2) is 0 Å². The summed E-state index contributed by atoms with van der Waals surface area (Å²) < 4.78 is 0. The number of imide groups is 1. The maximum atomic E-state index is 12.3. The minimum absolute atomic E-state index is 0. The molecule has 2 unspecified atom stereocenters.